The zero-order chi connectivity index (χ0) is 11.9. The molecule has 1 aliphatic heterocycles. The van der Waals surface area contributed by atoms with Crippen molar-refractivity contribution in [2.75, 3.05) is 13.1 Å². The van der Waals surface area contributed by atoms with Crippen LogP contribution in [-0.4, -0.2) is 18.1 Å². The van der Waals surface area contributed by atoms with Gasteiger partial charge < -0.3 is 9.73 Å². The van der Waals surface area contributed by atoms with Crippen LogP contribution in [0.5, 0.6) is 0 Å². The second kappa shape index (κ2) is 4.10. The third kappa shape index (κ3) is 1.89. The molecule has 1 N–H and O–H groups in total. The minimum Gasteiger partial charge on any atom is -0.439 e. The molecule has 4 heteroatoms. The van der Waals surface area contributed by atoms with Crippen LogP contribution in [0.4, 0.5) is 0 Å². The molecule has 0 bridgehead atoms. The van der Waals surface area contributed by atoms with Crippen molar-refractivity contribution in [1.29, 1.82) is 0 Å². The molecule has 1 aliphatic rings. The average Bonchev–Trinajstić information content (AvgIpc) is 2.76. The predicted octanol–water partition coefficient (Wildman–Crippen LogP) is 3.23. The zero-order valence-corrected chi connectivity index (χ0v) is 11.4. The van der Waals surface area contributed by atoms with Crippen LogP contribution in [0.2, 0.25) is 0 Å². The van der Waals surface area contributed by atoms with Gasteiger partial charge in [-0.1, -0.05) is 6.07 Å². The topological polar surface area (TPSA) is 38.1 Å². The maximum Gasteiger partial charge on any atom is 0.202 e. The summed E-state index contributed by atoms with van der Waals surface area (Å²) in [5, 5.41) is 3.42. The van der Waals surface area contributed by atoms with E-state index in [-0.39, 0.29) is 5.41 Å². The number of piperidine rings is 1. The standard InChI is InChI=1S/C13H15BrN2O/c1-13(6-3-7-15-8-13)12-16-10-5-2-4-9(14)11(10)17-12/h2,4-5,15H,3,6-8H2,1H3. The fraction of sp³-hybridized carbons (Fsp3) is 0.462. The Morgan fingerprint density at radius 2 is 2.35 bits per heavy atom. The summed E-state index contributed by atoms with van der Waals surface area (Å²) < 4.78 is 6.92. The van der Waals surface area contributed by atoms with E-state index in [9.17, 15) is 0 Å². The lowest BCUT2D eigenvalue weighted by Crippen LogP contribution is -2.41. The molecular formula is C13H15BrN2O. The molecule has 2 aromatic rings. The maximum absolute atomic E-state index is 5.94. The molecule has 3 rings (SSSR count). The van der Waals surface area contributed by atoms with Gasteiger partial charge >= 0.3 is 0 Å². The van der Waals surface area contributed by atoms with E-state index < -0.39 is 0 Å². The van der Waals surface area contributed by atoms with Gasteiger partial charge in [-0.15, -0.1) is 0 Å². The first-order chi connectivity index (χ1) is 8.19. The normalized spacial score (nSPS) is 25.3. The number of rotatable bonds is 1. The Balaban J connectivity index is 2.08. The number of nitrogens with zero attached hydrogens (tertiary/aromatic N) is 1. The van der Waals surface area contributed by atoms with Gasteiger partial charge in [-0.2, -0.15) is 0 Å². The van der Waals surface area contributed by atoms with E-state index >= 15 is 0 Å². The highest BCUT2D eigenvalue weighted by molar-refractivity contribution is 9.10. The van der Waals surface area contributed by atoms with Crippen LogP contribution in [0.25, 0.3) is 11.1 Å². The van der Waals surface area contributed by atoms with Crippen molar-refractivity contribution in [1.82, 2.24) is 10.3 Å². The molecule has 2 heterocycles. The van der Waals surface area contributed by atoms with Crippen LogP contribution in [0.3, 0.4) is 0 Å². The quantitative estimate of drug-likeness (QED) is 0.877. The molecule has 1 aromatic heterocycles. The summed E-state index contributed by atoms with van der Waals surface area (Å²) in [6.07, 6.45) is 2.31. The lowest BCUT2D eigenvalue weighted by atomic mass is 9.83. The van der Waals surface area contributed by atoms with Crippen molar-refractivity contribution in [2.24, 2.45) is 0 Å². The molecule has 1 unspecified atom stereocenters. The van der Waals surface area contributed by atoms with Gasteiger partial charge in [0, 0.05) is 6.54 Å². The summed E-state index contributed by atoms with van der Waals surface area (Å²) in [4.78, 5) is 4.63. The first-order valence-electron chi connectivity index (χ1n) is 5.95. The monoisotopic (exact) mass is 294 g/mol. The summed E-state index contributed by atoms with van der Waals surface area (Å²) in [7, 11) is 0. The predicted molar refractivity (Wildman–Crippen MR) is 71.2 cm³/mol. The summed E-state index contributed by atoms with van der Waals surface area (Å²) in [6.45, 7) is 4.26. The van der Waals surface area contributed by atoms with E-state index in [2.05, 4.69) is 33.2 Å². The van der Waals surface area contributed by atoms with Crippen molar-refractivity contribution in [2.45, 2.75) is 25.2 Å². The minimum atomic E-state index is 0.0245. The van der Waals surface area contributed by atoms with Gasteiger partial charge in [-0.3, -0.25) is 0 Å². The Morgan fingerprint density at radius 3 is 3.06 bits per heavy atom. The van der Waals surface area contributed by atoms with Crippen LogP contribution in [0.1, 0.15) is 25.7 Å². The number of halogens is 1. The van der Waals surface area contributed by atoms with Crippen molar-refractivity contribution in [3.8, 4) is 0 Å². The Bertz CT molecular complexity index is 543. The van der Waals surface area contributed by atoms with Crippen LogP contribution in [0, 0.1) is 0 Å². The van der Waals surface area contributed by atoms with Gasteiger partial charge in [0.2, 0.25) is 5.89 Å². The summed E-state index contributed by atoms with van der Waals surface area (Å²) >= 11 is 3.50. The Hall–Kier alpha value is -0.870. The number of oxazole rings is 1. The van der Waals surface area contributed by atoms with Crippen LogP contribution in [-0.2, 0) is 5.41 Å². The Morgan fingerprint density at radius 1 is 1.47 bits per heavy atom. The molecule has 0 spiro atoms. The maximum atomic E-state index is 5.94. The molecule has 0 radical (unpaired) electrons. The van der Waals surface area contributed by atoms with E-state index in [0.717, 1.165) is 41.0 Å². The average molecular weight is 295 g/mol. The molecule has 0 aliphatic carbocycles. The summed E-state index contributed by atoms with van der Waals surface area (Å²) in [5.74, 6) is 0.853. The first-order valence-corrected chi connectivity index (χ1v) is 6.75. The largest absolute Gasteiger partial charge is 0.439 e. The van der Waals surface area contributed by atoms with Gasteiger partial charge in [0.25, 0.3) is 0 Å². The third-order valence-electron chi connectivity index (χ3n) is 3.48. The molecule has 1 fully saturated rings. The number of hydrogen-bond donors (Lipinski definition) is 1. The molecule has 17 heavy (non-hydrogen) atoms. The molecule has 1 saturated heterocycles. The van der Waals surface area contributed by atoms with Crippen molar-refractivity contribution in [3.05, 3.63) is 28.6 Å². The second-order valence-electron chi connectivity index (χ2n) is 4.95. The van der Waals surface area contributed by atoms with E-state index in [0.29, 0.717) is 0 Å². The number of para-hydroxylation sites is 1. The van der Waals surface area contributed by atoms with Crippen molar-refractivity contribution < 1.29 is 4.42 Å². The van der Waals surface area contributed by atoms with Crippen LogP contribution < -0.4 is 5.32 Å². The van der Waals surface area contributed by atoms with Gasteiger partial charge in [0.15, 0.2) is 5.58 Å². The molecule has 0 saturated carbocycles. The Labute approximate surface area is 109 Å². The van der Waals surface area contributed by atoms with Gasteiger partial charge in [0.05, 0.1) is 9.89 Å². The lowest BCUT2D eigenvalue weighted by molar-refractivity contribution is 0.279. The highest BCUT2D eigenvalue weighted by Crippen LogP contribution is 2.34. The summed E-state index contributed by atoms with van der Waals surface area (Å²) in [6, 6.07) is 5.96. The van der Waals surface area contributed by atoms with Gasteiger partial charge in [-0.25, -0.2) is 4.98 Å². The fourth-order valence-corrected chi connectivity index (χ4v) is 2.85. The van der Waals surface area contributed by atoms with Crippen molar-refractivity contribution in [3.63, 3.8) is 0 Å². The molecule has 0 amide bonds. The van der Waals surface area contributed by atoms with E-state index in [1.165, 1.54) is 6.42 Å². The molecular weight excluding hydrogens is 280 g/mol. The Kier molecular flexibility index (Phi) is 2.71. The number of hydrogen-bond acceptors (Lipinski definition) is 3. The fourth-order valence-electron chi connectivity index (χ4n) is 2.41. The lowest BCUT2D eigenvalue weighted by Gasteiger charge is -2.30. The number of nitrogens with one attached hydrogen (secondary N) is 1. The number of fused-ring (bicyclic) bond motifs is 1. The minimum absolute atomic E-state index is 0.0245. The molecule has 90 valence electrons. The first kappa shape index (κ1) is 11.2. The van der Waals surface area contributed by atoms with Gasteiger partial charge in [0.1, 0.15) is 5.52 Å². The van der Waals surface area contributed by atoms with E-state index in [1.54, 1.807) is 0 Å². The molecule has 3 nitrogen and oxygen atoms in total. The zero-order valence-electron chi connectivity index (χ0n) is 9.79. The molecule has 1 atom stereocenters. The number of benzene rings is 1. The van der Waals surface area contributed by atoms with Gasteiger partial charge in [-0.05, 0) is 54.4 Å². The summed E-state index contributed by atoms with van der Waals surface area (Å²) in [5.41, 5.74) is 1.81. The molecule has 1 aromatic carbocycles. The SMILES string of the molecule is CC1(c2nc3cccc(Br)c3o2)CCCNC1. The van der Waals surface area contributed by atoms with Crippen LogP contribution >= 0.6 is 15.9 Å². The number of aromatic nitrogens is 1. The highest BCUT2D eigenvalue weighted by atomic mass is 79.9. The second-order valence-corrected chi connectivity index (χ2v) is 5.80. The van der Waals surface area contributed by atoms with E-state index in [1.807, 2.05) is 18.2 Å². The smallest absolute Gasteiger partial charge is 0.202 e. The highest BCUT2D eigenvalue weighted by Gasteiger charge is 2.33. The van der Waals surface area contributed by atoms with Crippen LogP contribution in [0.15, 0.2) is 27.1 Å². The third-order valence-corrected chi connectivity index (χ3v) is 4.10. The van der Waals surface area contributed by atoms with Crippen molar-refractivity contribution >= 4 is 27.0 Å². The van der Waals surface area contributed by atoms with E-state index in [4.69, 9.17) is 4.42 Å².